The monoisotopic (exact) mass is 238 g/mol. The van der Waals surface area contributed by atoms with Gasteiger partial charge in [-0.1, -0.05) is 36.4 Å². The number of fused-ring (bicyclic) bond motifs is 1. The first kappa shape index (κ1) is 11.0. The summed E-state index contributed by atoms with van der Waals surface area (Å²) >= 11 is 0. The van der Waals surface area contributed by atoms with Crippen LogP contribution < -0.4 is 5.46 Å². The highest BCUT2D eigenvalue weighted by atomic mass is 16.4. The van der Waals surface area contributed by atoms with E-state index in [0.29, 0.717) is 5.46 Å². The Morgan fingerprint density at radius 2 is 1.72 bits per heavy atom. The number of rotatable bonds is 2. The van der Waals surface area contributed by atoms with Gasteiger partial charge in [0.1, 0.15) is 5.65 Å². The lowest BCUT2D eigenvalue weighted by atomic mass is 9.82. The highest BCUT2D eigenvalue weighted by molar-refractivity contribution is 6.58. The highest BCUT2D eigenvalue weighted by Gasteiger charge is 2.12. The molecule has 2 N–H and O–H groups in total. The van der Waals surface area contributed by atoms with Gasteiger partial charge in [0.15, 0.2) is 0 Å². The molecule has 2 aromatic heterocycles. The third kappa shape index (κ3) is 1.90. The number of aromatic nitrogens is 2. The van der Waals surface area contributed by atoms with Crippen LogP contribution in [0.4, 0.5) is 0 Å². The molecule has 0 fully saturated rings. The Bertz CT molecular complexity index is 680. The summed E-state index contributed by atoms with van der Waals surface area (Å²) in [5.74, 6) is 0. The molecule has 3 aromatic rings. The zero-order chi connectivity index (χ0) is 12.5. The summed E-state index contributed by atoms with van der Waals surface area (Å²) in [5, 5.41) is 18.3. The van der Waals surface area contributed by atoms with Gasteiger partial charge in [-0.05, 0) is 11.5 Å². The maximum absolute atomic E-state index is 9.13. The fourth-order valence-electron chi connectivity index (χ4n) is 1.91. The van der Waals surface area contributed by atoms with Crippen LogP contribution in [0.5, 0.6) is 0 Å². The quantitative estimate of drug-likeness (QED) is 0.645. The minimum absolute atomic E-state index is 0.444. The molecule has 3 rings (SSSR count). The molecule has 0 radical (unpaired) electrons. The summed E-state index contributed by atoms with van der Waals surface area (Å²) in [6, 6.07) is 13.3. The Kier molecular flexibility index (Phi) is 2.62. The summed E-state index contributed by atoms with van der Waals surface area (Å²) in [7, 11) is -1.46. The number of benzene rings is 1. The Labute approximate surface area is 104 Å². The molecule has 0 bridgehead atoms. The second-order valence-corrected chi connectivity index (χ2v) is 4.09. The van der Waals surface area contributed by atoms with Gasteiger partial charge in [-0.2, -0.15) is 0 Å². The standard InChI is InChI=1S/C13H11BN2O2/c17-14(18)11-6-7-13-15-12(9-16(13)8-11)10-4-2-1-3-5-10/h1-9,17-18H. The van der Waals surface area contributed by atoms with Crippen molar-refractivity contribution in [3.05, 3.63) is 54.9 Å². The minimum atomic E-state index is -1.46. The molecule has 0 amide bonds. The largest absolute Gasteiger partial charge is 0.489 e. The van der Waals surface area contributed by atoms with Crippen molar-refractivity contribution in [3.63, 3.8) is 0 Å². The highest BCUT2D eigenvalue weighted by Crippen LogP contribution is 2.17. The van der Waals surface area contributed by atoms with E-state index in [4.69, 9.17) is 10.0 Å². The van der Waals surface area contributed by atoms with E-state index in [-0.39, 0.29) is 0 Å². The minimum Gasteiger partial charge on any atom is -0.423 e. The van der Waals surface area contributed by atoms with E-state index in [1.165, 1.54) is 0 Å². The second kappa shape index (κ2) is 4.29. The Morgan fingerprint density at radius 1 is 0.944 bits per heavy atom. The van der Waals surface area contributed by atoms with E-state index >= 15 is 0 Å². The average molecular weight is 238 g/mol. The predicted molar refractivity (Wildman–Crippen MR) is 70.5 cm³/mol. The van der Waals surface area contributed by atoms with Crippen molar-refractivity contribution in [3.8, 4) is 11.3 Å². The summed E-state index contributed by atoms with van der Waals surface area (Å²) in [4.78, 5) is 4.48. The first-order chi connectivity index (χ1) is 8.74. The van der Waals surface area contributed by atoms with E-state index in [0.717, 1.165) is 16.9 Å². The van der Waals surface area contributed by atoms with Crippen LogP contribution in [-0.4, -0.2) is 26.6 Å². The number of pyridine rings is 1. The molecule has 2 heterocycles. The lowest BCUT2D eigenvalue weighted by molar-refractivity contribution is 0.425. The molecule has 4 nitrogen and oxygen atoms in total. The van der Waals surface area contributed by atoms with Crippen LogP contribution >= 0.6 is 0 Å². The molecule has 0 aliphatic heterocycles. The van der Waals surface area contributed by atoms with Gasteiger partial charge in [-0.25, -0.2) is 4.98 Å². The molecule has 0 saturated heterocycles. The molecule has 0 spiro atoms. The Morgan fingerprint density at radius 3 is 2.44 bits per heavy atom. The van der Waals surface area contributed by atoms with Crippen molar-refractivity contribution >= 4 is 18.2 Å². The molecule has 5 heteroatoms. The molecule has 0 saturated carbocycles. The SMILES string of the molecule is OB(O)c1ccc2nc(-c3ccccc3)cn2c1. The van der Waals surface area contributed by atoms with E-state index in [9.17, 15) is 0 Å². The Balaban J connectivity index is 2.11. The molecule has 0 aliphatic carbocycles. The van der Waals surface area contributed by atoms with Gasteiger partial charge < -0.3 is 14.4 Å². The molecule has 0 unspecified atom stereocenters. The first-order valence-corrected chi connectivity index (χ1v) is 5.64. The number of hydrogen-bond donors (Lipinski definition) is 2. The first-order valence-electron chi connectivity index (χ1n) is 5.64. The van der Waals surface area contributed by atoms with Crippen molar-refractivity contribution in [2.24, 2.45) is 0 Å². The van der Waals surface area contributed by atoms with Crippen molar-refractivity contribution < 1.29 is 10.0 Å². The summed E-state index contributed by atoms with van der Waals surface area (Å²) < 4.78 is 1.79. The van der Waals surface area contributed by atoms with Crippen molar-refractivity contribution in [2.45, 2.75) is 0 Å². The van der Waals surface area contributed by atoms with Crippen molar-refractivity contribution in [2.75, 3.05) is 0 Å². The summed E-state index contributed by atoms with van der Waals surface area (Å²) in [6.45, 7) is 0. The van der Waals surface area contributed by atoms with Crippen LogP contribution in [0.3, 0.4) is 0 Å². The predicted octanol–water partition coefficient (Wildman–Crippen LogP) is 0.681. The lowest BCUT2D eigenvalue weighted by Crippen LogP contribution is -2.30. The molecule has 1 aromatic carbocycles. The summed E-state index contributed by atoms with van der Waals surface area (Å²) in [6.07, 6.45) is 3.54. The molecule has 18 heavy (non-hydrogen) atoms. The van der Waals surface area contributed by atoms with Crippen LogP contribution in [0.25, 0.3) is 16.9 Å². The molecule has 88 valence electrons. The van der Waals surface area contributed by atoms with Gasteiger partial charge >= 0.3 is 7.12 Å². The zero-order valence-electron chi connectivity index (χ0n) is 9.56. The van der Waals surface area contributed by atoms with Gasteiger partial charge in [-0.15, -0.1) is 0 Å². The Hall–Kier alpha value is -2.11. The van der Waals surface area contributed by atoms with Gasteiger partial charge in [0.2, 0.25) is 0 Å². The zero-order valence-corrected chi connectivity index (χ0v) is 9.56. The van der Waals surface area contributed by atoms with Crippen LogP contribution in [0, 0.1) is 0 Å². The normalized spacial score (nSPS) is 10.8. The molecular weight excluding hydrogens is 227 g/mol. The number of nitrogens with zero attached hydrogens (tertiary/aromatic N) is 2. The average Bonchev–Trinajstić information content (AvgIpc) is 2.82. The van der Waals surface area contributed by atoms with Gasteiger partial charge in [0.05, 0.1) is 5.69 Å². The van der Waals surface area contributed by atoms with Crippen LogP contribution in [-0.2, 0) is 0 Å². The van der Waals surface area contributed by atoms with Gasteiger partial charge in [0, 0.05) is 18.0 Å². The summed E-state index contributed by atoms with van der Waals surface area (Å²) in [5.41, 5.74) is 3.12. The maximum Gasteiger partial charge on any atom is 0.489 e. The topological polar surface area (TPSA) is 57.8 Å². The van der Waals surface area contributed by atoms with E-state index in [2.05, 4.69) is 4.98 Å². The van der Waals surface area contributed by atoms with E-state index < -0.39 is 7.12 Å². The van der Waals surface area contributed by atoms with Gasteiger partial charge in [0.25, 0.3) is 0 Å². The van der Waals surface area contributed by atoms with Gasteiger partial charge in [-0.3, -0.25) is 0 Å². The van der Waals surface area contributed by atoms with Crippen LogP contribution in [0.15, 0.2) is 54.9 Å². The van der Waals surface area contributed by atoms with E-state index in [1.54, 1.807) is 22.7 Å². The smallest absolute Gasteiger partial charge is 0.423 e. The van der Waals surface area contributed by atoms with E-state index in [1.807, 2.05) is 36.5 Å². The second-order valence-electron chi connectivity index (χ2n) is 4.09. The third-order valence-corrected chi connectivity index (χ3v) is 2.84. The fraction of sp³-hybridized carbons (Fsp3) is 0. The maximum atomic E-state index is 9.13. The lowest BCUT2D eigenvalue weighted by Gasteiger charge is -1.99. The number of hydrogen-bond acceptors (Lipinski definition) is 3. The van der Waals surface area contributed by atoms with Crippen LogP contribution in [0.1, 0.15) is 0 Å². The molecular formula is C13H11BN2O2. The third-order valence-electron chi connectivity index (χ3n) is 2.84. The molecule has 0 aliphatic rings. The molecule has 0 atom stereocenters. The van der Waals surface area contributed by atoms with Crippen LogP contribution in [0.2, 0.25) is 0 Å². The fourth-order valence-corrected chi connectivity index (χ4v) is 1.91. The van der Waals surface area contributed by atoms with Crippen molar-refractivity contribution in [1.82, 2.24) is 9.38 Å². The van der Waals surface area contributed by atoms with Crippen molar-refractivity contribution in [1.29, 1.82) is 0 Å². The number of imidazole rings is 1.